The molecule has 5 nitrogen and oxygen atoms in total. The molecule has 1 fully saturated rings. The number of anilines is 1. The lowest BCUT2D eigenvalue weighted by molar-refractivity contribution is 0.231. The van der Waals surface area contributed by atoms with Crippen molar-refractivity contribution in [3.05, 3.63) is 59.8 Å². The summed E-state index contributed by atoms with van der Waals surface area (Å²) in [5.74, 6) is 0.868. The number of nitrogens with one attached hydrogen (secondary N) is 2. The number of aromatic nitrogens is 1. The van der Waals surface area contributed by atoms with E-state index >= 15 is 0 Å². The molecule has 0 bridgehead atoms. The molecule has 1 aliphatic rings. The van der Waals surface area contributed by atoms with E-state index in [-0.39, 0.29) is 17.0 Å². The monoisotopic (exact) mass is 338 g/mol. The van der Waals surface area contributed by atoms with Gasteiger partial charge in [0.05, 0.1) is 5.54 Å². The molecular formula is C20H26N4O. The second kappa shape index (κ2) is 6.39. The Labute approximate surface area is 149 Å². The molecule has 2 aromatic rings. The molecule has 25 heavy (non-hydrogen) atoms. The lowest BCUT2D eigenvalue weighted by Gasteiger charge is -2.23. The molecule has 1 heterocycles. The summed E-state index contributed by atoms with van der Waals surface area (Å²) in [7, 11) is 3.89. The molecule has 1 aromatic carbocycles. The smallest absolute Gasteiger partial charge is 0.315 e. The molecule has 1 saturated carbocycles. The first kappa shape index (κ1) is 17.3. The fourth-order valence-corrected chi connectivity index (χ4v) is 3.50. The third-order valence-corrected chi connectivity index (χ3v) is 5.06. The number of carbonyl (C=O) groups excluding carboxylic acids is 1. The summed E-state index contributed by atoms with van der Waals surface area (Å²) in [6.07, 6.45) is 2.70. The fraction of sp³-hybridized carbons (Fsp3) is 0.400. The summed E-state index contributed by atoms with van der Waals surface area (Å²) in [5, 5.41) is 6.19. The van der Waals surface area contributed by atoms with Gasteiger partial charge < -0.3 is 15.5 Å². The van der Waals surface area contributed by atoms with Crippen LogP contribution < -0.4 is 15.5 Å². The maximum absolute atomic E-state index is 12.6. The SMILES string of the molecule is CN(C)c1ncccc1CNC(=O)NC1(c2ccccc2)CC1(C)C. The Kier molecular flexibility index (Phi) is 4.41. The Morgan fingerprint density at radius 1 is 1.16 bits per heavy atom. The molecule has 1 aromatic heterocycles. The quantitative estimate of drug-likeness (QED) is 0.880. The molecule has 1 aliphatic carbocycles. The number of carbonyl (C=O) groups is 1. The summed E-state index contributed by atoms with van der Waals surface area (Å²) < 4.78 is 0. The fourth-order valence-electron chi connectivity index (χ4n) is 3.50. The van der Waals surface area contributed by atoms with Gasteiger partial charge in [0.2, 0.25) is 0 Å². The normalized spacial score (nSPS) is 20.6. The Bertz CT molecular complexity index is 757. The zero-order valence-corrected chi connectivity index (χ0v) is 15.3. The van der Waals surface area contributed by atoms with Gasteiger partial charge in [-0.05, 0) is 23.5 Å². The van der Waals surface area contributed by atoms with Crippen LogP contribution in [0, 0.1) is 5.41 Å². The molecule has 0 aliphatic heterocycles. The van der Waals surface area contributed by atoms with Gasteiger partial charge >= 0.3 is 6.03 Å². The van der Waals surface area contributed by atoms with Crippen molar-refractivity contribution in [2.75, 3.05) is 19.0 Å². The number of benzene rings is 1. The van der Waals surface area contributed by atoms with Crippen LogP contribution in [-0.2, 0) is 12.1 Å². The zero-order chi connectivity index (χ0) is 18.1. The van der Waals surface area contributed by atoms with Crippen molar-refractivity contribution in [3.8, 4) is 0 Å². The maximum Gasteiger partial charge on any atom is 0.315 e. The summed E-state index contributed by atoms with van der Waals surface area (Å²) >= 11 is 0. The van der Waals surface area contributed by atoms with E-state index in [1.807, 2.05) is 49.3 Å². The van der Waals surface area contributed by atoms with Crippen molar-refractivity contribution < 1.29 is 4.79 Å². The van der Waals surface area contributed by atoms with Gasteiger partial charge in [0.15, 0.2) is 0 Å². The summed E-state index contributed by atoms with van der Waals surface area (Å²) in [6.45, 7) is 4.82. The highest BCUT2D eigenvalue weighted by molar-refractivity contribution is 5.76. The first-order chi connectivity index (χ1) is 11.9. The van der Waals surface area contributed by atoms with Crippen LogP contribution in [0.4, 0.5) is 10.6 Å². The maximum atomic E-state index is 12.6. The first-order valence-electron chi connectivity index (χ1n) is 8.58. The van der Waals surface area contributed by atoms with Crippen LogP contribution in [0.3, 0.4) is 0 Å². The topological polar surface area (TPSA) is 57.3 Å². The second-order valence-electron chi connectivity index (χ2n) is 7.52. The summed E-state index contributed by atoms with van der Waals surface area (Å²) in [4.78, 5) is 18.9. The van der Waals surface area contributed by atoms with Crippen molar-refractivity contribution in [1.29, 1.82) is 0 Å². The number of hydrogen-bond acceptors (Lipinski definition) is 3. The van der Waals surface area contributed by atoms with Crippen LogP contribution in [0.15, 0.2) is 48.7 Å². The molecule has 0 radical (unpaired) electrons. The van der Waals surface area contributed by atoms with Gasteiger partial charge in [-0.1, -0.05) is 50.2 Å². The predicted octanol–water partition coefficient (Wildman–Crippen LogP) is 3.27. The highest BCUT2D eigenvalue weighted by Crippen LogP contribution is 2.62. The number of nitrogens with zero attached hydrogens (tertiary/aromatic N) is 2. The van der Waals surface area contributed by atoms with Gasteiger partial charge in [-0.2, -0.15) is 0 Å². The van der Waals surface area contributed by atoms with Crippen LogP contribution in [0.5, 0.6) is 0 Å². The lowest BCUT2D eigenvalue weighted by Crippen LogP contribution is -2.44. The lowest BCUT2D eigenvalue weighted by atomic mass is 9.96. The molecular weight excluding hydrogens is 312 g/mol. The highest BCUT2D eigenvalue weighted by atomic mass is 16.2. The van der Waals surface area contributed by atoms with Crippen molar-refractivity contribution in [1.82, 2.24) is 15.6 Å². The molecule has 0 spiro atoms. The third kappa shape index (κ3) is 3.31. The average molecular weight is 338 g/mol. The number of amides is 2. The molecule has 5 heteroatoms. The molecule has 132 valence electrons. The number of hydrogen-bond donors (Lipinski definition) is 2. The van der Waals surface area contributed by atoms with Crippen molar-refractivity contribution in [3.63, 3.8) is 0 Å². The van der Waals surface area contributed by atoms with E-state index in [1.54, 1.807) is 6.20 Å². The van der Waals surface area contributed by atoms with Crippen LogP contribution in [0.25, 0.3) is 0 Å². The first-order valence-corrected chi connectivity index (χ1v) is 8.58. The highest BCUT2D eigenvalue weighted by Gasteiger charge is 2.63. The van der Waals surface area contributed by atoms with Crippen LogP contribution in [-0.4, -0.2) is 25.1 Å². The number of pyridine rings is 1. The standard InChI is InChI=1S/C20H26N4O/c1-19(2)14-20(19,16-10-6-5-7-11-16)23-18(25)22-13-15-9-8-12-21-17(15)24(3)4/h5-12H,13-14H2,1-4H3,(H2,22,23,25). The summed E-state index contributed by atoms with van der Waals surface area (Å²) in [6, 6.07) is 13.9. The minimum absolute atomic E-state index is 0.0504. The van der Waals surface area contributed by atoms with Gasteiger partial charge in [0.25, 0.3) is 0 Å². The van der Waals surface area contributed by atoms with Crippen LogP contribution in [0.2, 0.25) is 0 Å². The minimum Gasteiger partial charge on any atom is -0.362 e. The van der Waals surface area contributed by atoms with E-state index in [1.165, 1.54) is 0 Å². The van der Waals surface area contributed by atoms with E-state index in [4.69, 9.17) is 0 Å². The molecule has 3 rings (SSSR count). The van der Waals surface area contributed by atoms with Crippen molar-refractivity contribution >= 4 is 11.8 Å². The third-order valence-electron chi connectivity index (χ3n) is 5.06. The minimum atomic E-state index is -0.294. The molecule has 0 saturated heterocycles. The van der Waals surface area contributed by atoms with E-state index in [0.29, 0.717) is 6.54 Å². The van der Waals surface area contributed by atoms with Gasteiger partial charge in [0.1, 0.15) is 5.82 Å². The Morgan fingerprint density at radius 2 is 1.84 bits per heavy atom. The van der Waals surface area contributed by atoms with Gasteiger partial charge in [0, 0.05) is 32.4 Å². The molecule has 2 N–H and O–H groups in total. The van der Waals surface area contributed by atoms with Gasteiger partial charge in [-0.15, -0.1) is 0 Å². The van der Waals surface area contributed by atoms with Gasteiger partial charge in [-0.3, -0.25) is 0 Å². The number of rotatable bonds is 5. The molecule has 1 atom stereocenters. The predicted molar refractivity (Wildman–Crippen MR) is 100 cm³/mol. The number of urea groups is 1. The van der Waals surface area contributed by atoms with Crippen LogP contribution in [0.1, 0.15) is 31.4 Å². The van der Waals surface area contributed by atoms with E-state index in [2.05, 4.69) is 41.6 Å². The summed E-state index contributed by atoms with van der Waals surface area (Å²) in [5.41, 5.74) is 1.91. The molecule has 1 unspecified atom stereocenters. The largest absolute Gasteiger partial charge is 0.362 e. The Morgan fingerprint density at radius 3 is 2.44 bits per heavy atom. The van der Waals surface area contributed by atoms with Crippen molar-refractivity contribution in [2.45, 2.75) is 32.4 Å². The van der Waals surface area contributed by atoms with Gasteiger partial charge in [-0.25, -0.2) is 9.78 Å². The zero-order valence-electron chi connectivity index (χ0n) is 15.3. The Balaban J connectivity index is 1.69. The van der Waals surface area contributed by atoms with Crippen molar-refractivity contribution in [2.24, 2.45) is 5.41 Å². The van der Waals surface area contributed by atoms with E-state index < -0.39 is 0 Å². The molecule has 2 amide bonds. The Hall–Kier alpha value is -2.56. The van der Waals surface area contributed by atoms with Crippen LogP contribution >= 0.6 is 0 Å². The van der Waals surface area contributed by atoms with E-state index in [0.717, 1.165) is 23.4 Å². The average Bonchev–Trinajstić information content (AvgIpc) is 3.15. The second-order valence-corrected chi connectivity index (χ2v) is 7.52. The van der Waals surface area contributed by atoms with E-state index in [9.17, 15) is 4.79 Å².